The van der Waals surface area contributed by atoms with Gasteiger partial charge in [-0.25, -0.2) is 9.59 Å². The molecule has 1 fully saturated rings. The van der Waals surface area contributed by atoms with Crippen LogP contribution in [0.5, 0.6) is 0 Å². The highest BCUT2D eigenvalue weighted by Gasteiger charge is 2.27. The highest BCUT2D eigenvalue weighted by molar-refractivity contribution is 6.37. The van der Waals surface area contributed by atoms with Crippen LogP contribution in [0.15, 0.2) is 6.07 Å². The number of aromatic carboxylic acids is 1. The van der Waals surface area contributed by atoms with Crippen LogP contribution in [0.1, 0.15) is 42.3 Å². The number of amides is 1. The zero-order chi connectivity index (χ0) is 21.1. The van der Waals surface area contributed by atoms with E-state index in [2.05, 4.69) is 5.32 Å². The van der Waals surface area contributed by atoms with Crippen molar-refractivity contribution in [3.63, 3.8) is 0 Å². The van der Waals surface area contributed by atoms with Crippen molar-refractivity contribution < 1.29 is 24.2 Å². The van der Waals surface area contributed by atoms with E-state index in [1.54, 1.807) is 11.8 Å². The molecule has 156 valence electrons. The summed E-state index contributed by atoms with van der Waals surface area (Å²) < 4.78 is 11.1. The number of carboxylic acids is 1. The van der Waals surface area contributed by atoms with Crippen molar-refractivity contribution >= 4 is 35.3 Å². The maximum Gasteiger partial charge on any atom is 0.410 e. The number of hydrogen-bond donors (Lipinski definition) is 2. The summed E-state index contributed by atoms with van der Waals surface area (Å²) in [6, 6.07) is 1.29. The molecule has 2 N–H and O–H groups in total. The minimum absolute atomic E-state index is 0.0209. The van der Waals surface area contributed by atoms with Crippen LogP contribution in [-0.2, 0) is 16.1 Å². The fourth-order valence-electron chi connectivity index (χ4n) is 2.84. The Balaban J connectivity index is 1.97. The fraction of sp³-hybridized carbons (Fsp3) is 0.579. The van der Waals surface area contributed by atoms with Crippen molar-refractivity contribution in [2.75, 3.05) is 26.2 Å². The maximum absolute atomic E-state index is 12.2. The van der Waals surface area contributed by atoms with E-state index < -0.39 is 11.6 Å². The van der Waals surface area contributed by atoms with Gasteiger partial charge in [0.25, 0.3) is 0 Å². The van der Waals surface area contributed by atoms with Crippen LogP contribution in [0.25, 0.3) is 0 Å². The van der Waals surface area contributed by atoms with Crippen molar-refractivity contribution in [1.29, 1.82) is 0 Å². The van der Waals surface area contributed by atoms with Crippen LogP contribution in [0.2, 0.25) is 10.0 Å². The molecule has 7 nitrogen and oxygen atoms in total. The van der Waals surface area contributed by atoms with Gasteiger partial charge in [0.05, 0.1) is 23.8 Å². The quantitative estimate of drug-likeness (QED) is 0.736. The van der Waals surface area contributed by atoms with E-state index in [9.17, 15) is 14.7 Å². The smallest absolute Gasteiger partial charge is 0.410 e. The maximum atomic E-state index is 12.2. The number of hydrogen-bond acceptors (Lipinski definition) is 5. The summed E-state index contributed by atoms with van der Waals surface area (Å²) in [4.78, 5) is 25.4. The zero-order valence-corrected chi connectivity index (χ0v) is 18.0. The second kappa shape index (κ2) is 9.31. The Morgan fingerprint density at radius 2 is 2.04 bits per heavy atom. The summed E-state index contributed by atoms with van der Waals surface area (Å²) in [6.07, 6.45) is -0.358. The fourth-order valence-corrected chi connectivity index (χ4v) is 3.35. The highest BCUT2D eigenvalue weighted by Crippen LogP contribution is 2.31. The Labute approximate surface area is 174 Å². The second-order valence-electron chi connectivity index (χ2n) is 7.72. The predicted octanol–water partition coefficient (Wildman–Crippen LogP) is 3.73. The summed E-state index contributed by atoms with van der Waals surface area (Å²) in [7, 11) is 0. The summed E-state index contributed by atoms with van der Waals surface area (Å²) in [6.45, 7) is 9.13. The van der Waals surface area contributed by atoms with Gasteiger partial charge < -0.3 is 24.8 Å². The molecule has 0 aromatic heterocycles. The SMILES string of the molecule is Cc1c(Cl)cc(C(=O)O)c(COC[C@H]2CN(C(=O)OC(C)(C)C)CCN2)c1Cl. The first-order valence-electron chi connectivity index (χ1n) is 8.99. The molecule has 0 saturated carbocycles. The number of carboxylic acid groups (broad SMARTS) is 1. The molecule has 0 spiro atoms. The van der Waals surface area contributed by atoms with Crippen LogP contribution in [0.3, 0.4) is 0 Å². The lowest BCUT2D eigenvalue weighted by atomic mass is 10.0. The van der Waals surface area contributed by atoms with Crippen molar-refractivity contribution in [1.82, 2.24) is 10.2 Å². The van der Waals surface area contributed by atoms with Gasteiger partial charge in [-0.3, -0.25) is 0 Å². The Morgan fingerprint density at radius 3 is 2.64 bits per heavy atom. The molecule has 28 heavy (non-hydrogen) atoms. The molecule has 1 aromatic rings. The molecule has 1 aliphatic heterocycles. The normalized spacial score (nSPS) is 17.5. The first-order chi connectivity index (χ1) is 13.0. The molecule has 1 aromatic carbocycles. The second-order valence-corrected chi connectivity index (χ2v) is 8.51. The number of rotatable bonds is 5. The average Bonchev–Trinajstić information content (AvgIpc) is 2.60. The number of piperazine rings is 1. The lowest BCUT2D eigenvalue weighted by Crippen LogP contribution is -2.55. The summed E-state index contributed by atoms with van der Waals surface area (Å²) in [5, 5.41) is 13.3. The van der Waals surface area contributed by atoms with E-state index in [-0.39, 0.29) is 35.9 Å². The lowest BCUT2D eigenvalue weighted by Gasteiger charge is -2.34. The van der Waals surface area contributed by atoms with Gasteiger partial charge >= 0.3 is 12.1 Å². The van der Waals surface area contributed by atoms with Crippen LogP contribution >= 0.6 is 23.2 Å². The minimum Gasteiger partial charge on any atom is -0.478 e. The molecule has 1 amide bonds. The molecular formula is C19H26Cl2N2O5. The van der Waals surface area contributed by atoms with E-state index >= 15 is 0 Å². The van der Waals surface area contributed by atoms with Crippen LogP contribution in [0.4, 0.5) is 4.79 Å². The lowest BCUT2D eigenvalue weighted by molar-refractivity contribution is 0.0126. The molecule has 9 heteroatoms. The average molecular weight is 433 g/mol. The van der Waals surface area contributed by atoms with Gasteiger partial charge in [0.15, 0.2) is 0 Å². The first-order valence-corrected chi connectivity index (χ1v) is 9.75. The van der Waals surface area contributed by atoms with Crippen molar-refractivity contribution in [3.8, 4) is 0 Å². The molecule has 1 atom stereocenters. The Kier molecular flexibility index (Phi) is 7.56. The number of halogens is 2. The summed E-state index contributed by atoms with van der Waals surface area (Å²) in [5.41, 5.74) is 0.465. The summed E-state index contributed by atoms with van der Waals surface area (Å²) >= 11 is 12.3. The van der Waals surface area contributed by atoms with E-state index in [1.807, 2.05) is 20.8 Å². The minimum atomic E-state index is -1.12. The Hall–Kier alpha value is -1.54. The molecule has 1 saturated heterocycles. The van der Waals surface area contributed by atoms with Crippen LogP contribution in [-0.4, -0.2) is 60.0 Å². The van der Waals surface area contributed by atoms with Gasteiger partial charge in [-0.05, 0) is 39.3 Å². The van der Waals surface area contributed by atoms with Crippen LogP contribution < -0.4 is 5.32 Å². The largest absolute Gasteiger partial charge is 0.478 e. The Morgan fingerprint density at radius 1 is 1.36 bits per heavy atom. The molecule has 0 bridgehead atoms. The number of nitrogens with one attached hydrogen (secondary N) is 1. The number of carbonyl (C=O) groups is 2. The van der Waals surface area contributed by atoms with Gasteiger partial charge in [0.2, 0.25) is 0 Å². The third-order valence-corrected chi connectivity index (χ3v) is 5.16. The first kappa shape index (κ1) is 22.7. The highest BCUT2D eigenvalue weighted by atomic mass is 35.5. The van der Waals surface area contributed by atoms with Gasteiger partial charge in [0, 0.05) is 36.3 Å². The number of carbonyl (C=O) groups excluding carboxylic acids is 1. The Bertz CT molecular complexity index is 749. The van der Waals surface area contributed by atoms with Gasteiger partial charge in [0.1, 0.15) is 5.60 Å². The van der Waals surface area contributed by atoms with Crippen molar-refractivity contribution in [2.24, 2.45) is 0 Å². The topological polar surface area (TPSA) is 88.1 Å². The molecule has 1 heterocycles. The standard InChI is InChI=1S/C19H26Cl2N2O5/c1-11-15(20)7-13(17(24)25)14(16(11)21)10-27-9-12-8-23(6-5-22-12)18(26)28-19(2,3)4/h7,12,22H,5-6,8-10H2,1-4H3,(H,24,25)/t12-/m1/s1. The van der Waals surface area contributed by atoms with Crippen LogP contribution in [0, 0.1) is 6.92 Å². The zero-order valence-electron chi connectivity index (χ0n) is 16.5. The molecule has 1 aliphatic rings. The monoisotopic (exact) mass is 432 g/mol. The number of benzene rings is 1. The van der Waals surface area contributed by atoms with E-state index in [0.717, 1.165) is 0 Å². The molecule has 2 rings (SSSR count). The molecule has 0 aliphatic carbocycles. The third-order valence-electron chi connectivity index (χ3n) is 4.25. The number of ether oxygens (including phenoxy) is 2. The van der Waals surface area contributed by atoms with Gasteiger partial charge in [-0.2, -0.15) is 0 Å². The third kappa shape index (κ3) is 5.98. The van der Waals surface area contributed by atoms with Gasteiger partial charge in [-0.15, -0.1) is 0 Å². The van der Waals surface area contributed by atoms with Crippen molar-refractivity contribution in [3.05, 3.63) is 32.8 Å². The summed E-state index contributed by atoms with van der Waals surface area (Å²) in [5.74, 6) is -1.12. The van der Waals surface area contributed by atoms with Gasteiger partial charge in [-0.1, -0.05) is 23.2 Å². The van der Waals surface area contributed by atoms with E-state index in [1.165, 1.54) is 6.07 Å². The number of nitrogens with zero attached hydrogens (tertiary/aromatic N) is 1. The molecule has 0 radical (unpaired) electrons. The van der Waals surface area contributed by atoms with E-state index in [4.69, 9.17) is 32.7 Å². The van der Waals surface area contributed by atoms with E-state index in [0.29, 0.717) is 35.8 Å². The predicted molar refractivity (Wildman–Crippen MR) is 107 cm³/mol. The molecular weight excluding hydrogens is 407 g/mol. The van der Waals surface area contributed by atoms with Crippen molar-refractivity contribution in [2.45, 2.75) is 45.9 Å². The molecule has 0 unspecified atom stereocenters.